The number of aromatic nitrogens is 1. The number of hydrogen-bond donors (Lipinski definition) is 1. The molecule has 5 rings (SSSR count). The van der Waals surface area contributed by atoms with Crippen molar-refractivity contribution in [3.05, 3.63) is 75.5 Å². The summed E-state index contributed by atoms with van der Waals surface area (Å²) in [5, 5.41) is 12.8. The van der Waals surface area contributed by atoms with Gasteiger partial charge in [0.15, 0.2) is 0 Å². The Balaban J connectivity index is 1.65. The van der Waals surface area contributed by atoms with Gasteiger partial charge in [0.1, 0.15) is 5.92 Å². The van der Waals surface area contributed by atoms with Crippen LogP contribution in [0.4, 0.5) is 5.69 Å². The SMILES string of the molecule is COC(=O)[C@@H]1C(=O)N2CCc3c([nH]c4ccccc34)[C@@H]2C[C@H]1c1ccccc1[N+](=O)[O-]. The maximum Gasteiger partial charge on any atom is 0.318 e. The van der Waals surface area contributed by atoms with E-state index >= 15 is 0 Å². The Bertz CT molecular complexity index is 1220. The van der Waals surface area contributed by atoms with E-state index in [1.165, 1.54) is 18.7 Å². The summed E-state index contributed by atoms with van der Waals surface area (Å²) in [6, 6.07) is 14.0. The van der Waals surface area contributed by atoms with Gasteiger partial charge in [0.2, 0.25) is 5.91 Å². The number of carbonyl (C=O) groups excluding carboxylic acids is 2. The number of benzene rings is 2. The Labute approximate surface area is 178 Å². The molecule has 2 aromatic carbocycles. The van der Waals surface area contributed by atoms with E-state index in [9.17, 15) is 19.7 Å². The van der Waals surface area contributed by atoms with Crippen molar-refractivity contribution >= 4 is 28.5 Å². The van der Waals surface area contributed by atoms with Crippen molar-refractivity contribution in [3.8, 4) is 0 Å². The fraction of sp³-hybridized carbons (Fsp3) is 0.304. The lowest BCUT2D eigenvalue weighted by Gasteiger charge is -2.44. The summed E-state index contributed by atoms with van der Waals surface area (Å²) in [5.41, 5.74) is 3.42. The summed E-state index contributed by atoms with van der Waals surface area (Å²) in [5.74, 6) is -2.75. The van der Waals surface area contributed by atoms with E-state index in [0.717, 1.165) is 16.6 Å². The second kappa shape index (κ2) is 7.23. The number of para-hydroxylation sites is 2. The quantitative estimate of drug-likeness (QED) is 0.303. The highest BCUT2D eigenvalue weighted by Gasteiger charge is 2.50. The van der Waals surface area contributed by atoms with Crippen molar-refractivity contribution in [2.75, 3.05) is 13.7 Å². The van der Waals surface area contributed by atoms with Gasteiger partial charge in [-0.25, -0.2) is 0 Å². The lowest BCUT2D eigenvalue weighted by molar-refractivity contribution is -0.385. The smallest absolute Gasteiger partial charge is 0.318 e. The molecule has 2 aliphatic rings. The third kappa shape index (κ3) is 2.90. The van der Waals surface area contributed by atoms with E-state index in [0.29, 0.717) is 24.9 Å². The number of carbonyl (C=O) groups is 2. The molecular formula is C23H21N3O5. The van der Waals surface area contributed by atoms with E-state index in [4.69, 9.17) is 4.74 Å². The molecule has 158 valence electrons. The minimum Gasteiger partial charge on any atom is -0.468 e. The highest BCUT2D eigenvalue weighted by atomic mass is 16.6. The number of nitro benzene ring substituents is 1. The molecule has 1 N–H and O–H groups in total. The first-order valence-electron chi connectivity index (χ1n) is 10.2. The average Bonchev–Trinajstić information content (AvgIpc) is 3.17. The molecular weight excluding hydrogens is 398 g/mol. The minimum absolute atomic E-state index is 0.0877. The molecule has 1 saturated heterocycles. The first kappa shape index (κ1) is 19.3. The van der Waals surface area contributed by atoms with Crippen molar-refractivity contribution in [3.63, 3.8) is 0 Å². The topological polar surface area (TPSA) is 106 Å². The molecule has 0 bridgehead atoms. The third-order valence-corrected chi connectivity index (χ3v) is 6.58. The fourth-order valence-corrected chi connectivity index (χ4v) is 5.22. The zero-order chi connectivity index (χ0) is 21.7. The molecule has 0 spiro atoms. The summed E-state index contributed by atoms with van der Waals surface area (Å²) in [4.78, 5) is 42.5. The molecule has 0 unspecified atom stereocenters. The van der Waals surface area contributed by atoms with Crippen molar-refractivity contribution in [1.29, 1.82) is 0 Å². The zero-order valence-corrected chi connectivity index (χ0v) is 16.9. The lowest BCUT2D eigenvalue weighted by atomic mass is 9.74. The summed E-state index contributed by atoms with van der Waals surface area (Å²) in [7, 11) is 1.24. The van der Waals surface area contributed by atoms with E-state index < -0.39 is 22.7 Å². The second-order valence-corrected chi connectivity index (χ2v) is 8.02. The van der Waals surface area contributed by atoms with E-state index in [1.807, 2.05) is 18.2 Å². The molecule has 2 aliphatic heterocycles. The standard InChI is InChI=1S/C23H21N3O5/c1-31-23(28)20-16(14-7-3-5-9-18(14)26(29)30)12-19-21-15(10-11-25(19)22(20)27)13-6-2-4-8-17(13)24-21/h2-9,16,19-20,24H,10-12H2,1H3/t16-,19-,20-/m0/s1. The Hall–Kier alpha value is -3.68. The number of nitrogens with one attached hydrogen (secondary N) is 1. The van der Waals surface area contributed by atoms with Gasteiger partial charge in [-0.1, -0.05) is 36.4 Å². The minimum atomic E-state index is -1.10. The normalized spacial score (nSPS) is 22.7. The van der Waals surface area contributed by atoms with Crippen LogP contribution in [0.2, 0.25) is 0 Å². The molecule has 1 aromatic heterocycles. The number of fused-ring (bicyclic) bond motifs is 5. The van der Waals surface area contributed by atoms with Gasteiger partial charge in [-0.3, -0.25) is 19.7 Å². The number of amides is 1. The van der Waals surface area contributed by atoms with Crippen LogP contribution in [-0.4, -0.2) is 40.3 Å². The number of rotatable bonds is 3. The number of H-pyrrole nitrogens is 1. The van der Waals surface area contributed by atoms with Gasteiger partial charge in [0.25, 0.3) is 5.69 Å². The largest absolute Gasteiger partial charge is 0.468 e. The molecule has 3 atom stereocenters. The van der Waals surface area contributed by atoms with Gasteiger partial charge < -0.3 is 14.6 Å². The predicted octanol–water partition coefficient (Wildman–Crippen LogP) is 3.48. The van der Waals surface area contributed by atoms with Crippen molar-refractivity contribution in [2.24, 2.45) is 5.92 Å². The summed E-state index contributed by atoms with van der Waals surface area (Å²) in [6.07, 6.45) is 1.09. The number of piperidine rings is 1. The van der Waals surface area contributed by atoms with Gasteiger partial charge in [0, 0.05) is 40.7 Å². The van der Waals surface area contributed by atoms with Crippen LogP contribution in [0.3, 0.4) is 0 Å². The molecule has 3 heterocycles. The van der Waals surface area contributed by atoms with Gasteiger partial charge in [-0.2, -0.15) is 0 Å². The van der Waals surface area contributed by atoms with Crippen LogP contribution in [-0.2, 0) is 20.7 Å². The Morgan fingerprint density at radius 1 is 1.19 bits per heavy atom. The van der Waals surface area contributed by atoms with E-state index in [1.54, 1.807) is 23.1 Å². The molecule has 8 heteroatoms. The van der Waals surface area contributed by atoms with Gasteiger partial charge >= 0.3 is 5.97 Å². The molecule has 8 nitrogen and oxygen atoms in total. The molecule has 3 aromatic rings. The summed E-state index contributed by atoms with van der Waals surface area (Å²) in [6.45, 7) is 0.495. The van der Waals surface area contributed by atoms with Gasteiger partial charge in [0.05, 0.1) is 18.1 Å². The Morgan fingerprint density at radius 3 is 2.71 bits per heavy atom. The molecule has 0 aliphatic carbocycles. The van der Waals surface area contributed by atoms with Crippen LogP contribution in [0.5, 0.6) is 0 Å². The van der Waals surface area contributed by atoms with Gasteiger partial charge in [-0.05, 0) is 24.5 Å². The van der Waals surface area contributed by atoms with Crippen molar-refractivity contribution in [2.45, 2.75) is 24.8 Å². The number of aromatic amines is 1. The highest BCUT2D eigenvalue weighted by molar-refractivity contribution is 6.00. The van der Waals surface area contributed by atoms with Crippen LogP contribution in [0.25, 0.3) is 10.9 Å². The van der Waals surface area contributed by atoms with Crippen LogP contribution in [0.1, 0.15) is 35.2 Å². The van der Waals surface area contributed by atoms with Crippen molar-refractivity contribution in [1.82, 2.24) is 9.88 Å². The Morgan fingerprint density at radius 2 is 1.94 bits per heavy atom. The monoisotopic (exact) mass is 419 g/mol. The average molecular weight is 419 g/mol. The van der Waals surface area contributed by atoms with Crippen LogP contribution >= 0.6 is 0 Å². The molecule has 1 amide bonds. The van der Waals surface area contributed by atoms with Crippen LogP contribution < -0.4 is 0 Å². The first-order chi connectivity index (χ1) is 15.0. The summed E-state index contributed by atoms with van der Waals surface area (Å²) >= 11 is 0. The van der Waals surface area contributed by atoms with Crippen LogP contribution in [0.15, 0.2) is 48.5 Å². The predicted molar refractivity (Wildman–Crippen MR) is 112 cm³/mol. The lowest BCUT2D eigenvalue weighted by Crippen LogP contribution is -2.52. The first-order valence-corrected chi connectivity index (χ1v) is 10.2. The number of ether oxygens (including phenoxy) is 1. The molecule has 0 saturated carbocycles. The zero-order valence-electron chi connectivity index (χ0n) is 16.9. The van der Waals surface area contributed by atoms with Crippen molar-refractivity contribution < 1.29 is 19.2 Å². The highest BCUT2D eigenvalue weighted by Crippen LogP contribution is 2.48. The maximum atomic E-state index is 13.5. The maximum absolute atomic E-state index is 13.5. The van der Waals surface area contributed by atoms with Gasteiger partial charge in [-0.15, -0.1) is 0 Å². The third-order valence-electron chi connectivity index (χ3n) is 6.58. The molecule has 31 heavy (non-hydrogen) atoms. The fourth-order valence-electron chi connectivity index (χ4n) is 5.22. The van der Waals surface area contributed by atoms with E-state index in [-0.39, 0.29) is 17.6 Å². The molecule has 1 fully saturated rings. The number of nitro groups is 1. The second-order valence-electron chi connectivity index (χ2n) is 8.02. The molecule has 0 radical (unpaired) electrons. The van der Waals surface area contributed by atoms with E-state index in [2.05, 4.69) is 11.1 Å². The number of nitrogens with zero attached hydrogens (tertiary/aromatic N) is 2. The number of esters is 1. The Kier molecular flexibility index (Phi) is 4.50. The summed E-state index contributed by atoms with van der Waals surface area (Å²) < 4.78 is 4.95. The number of methoxy groups -OCH3 is 1. The van der Waals surface area contributed by atoms with Crippen LogP contribution in [0, 0.1) is 16.0 Å². The number of hydrogen-bond acceptors (Lipinski definition) is 5.